The van der Waals surface area contributed by atoms with Crippen LogP contribution in [0.1, 0.15) is 6.92 Å². The number of halogens is 1. The molecule has 0 heterocycles. The first kappa shape index (κ1) is 16.8. The Hall–Kier alpha value is -3.08. The molecule has 3 aromatic carbocycles. The number of ether oxygens (including phenoxy) is 2. The van der Waals surface area contributed by atoms with Gasteiger partial charge in [-0.25, -0.2) is 4.39 Å². The lowest BCUT2D eigenvalue weighted by atomic mass is 10.0. The third-order valence-corrected chi connectivity index (χ3v) is 4.01. The lowest BCUT2D eigenvalue weighted by Gasteiger charge is -2.12. The number of hydrogen-bond acceptors (Lipinski definition) is 3. The summed E-state index contributed by atoms with van der Waals surface area (Å²) in [5.41, 5.74) is 7.00. The van der Waals surface area contributed by atoms with E-state index < -0.39 is 17.8 Å². The summed E-state index contributed by atoms with van der Waals surface area (Å²) in [5, 5.41) is 1.96. The molecule has 3 aromatic rings. The highest BCUT2D eigenvalue weighted by molar-refractivity contribution is 5.88. The van der Waals surface area contributed by atoms with Crippen LogP contribution in [0.2, 0.25) is 0 Å². The van der Waals surface area contributed by atoms with E-state index in [1.807, 2.05) is 30.3 Å². The molecular formula is C20H18FNO3. The third kappa shape index (κ3) is 3.55. The molecule has 0 spiro atoms. The summed E-state index contributed by atoms with van der Waals surface area (Å²) < 4.78 is 24.2. The maximum absolute atomic E-state index is 13.6. The van der Waals surface area contributed by atoms with Crippen molar-refractivity contribution in [3.8, 4) is 22.6 Å². The van der Waals surface area contributed by atoms with Crippen molar-refractivity contribution in [3.05, 3.63) is 60.4 Å². The summed E-state index contributed by atoms with van der Waals surface area (Å²) in [6.45, 7) is 1.60. The normalized spacial score (nSPS) is 12.0. The van der Waals surface area contributed by atoms with Crippen LogP contribution in [0.4, 0.5) is 4.39 Å². The minimum Gasteiger partial charge on any atom is -0.494 e. The summed E-state index contributed by atoms with van der Waals surface area (Å²) in [4.78, 5) is 11.1. The second-order valence-electron chi connectivity index (χ2n) is 5.74. The van der Waals surface area contributed by atoms with Gasteiger partial charge in [-0.3, -0.25) is 4.79 Å². The largest absolute Gasteiger partial charge is 0.494 e. The smallest absolute Gasteiger partial charge is 0.258 e. The van der Waals surface area contributed by atoms with Crippen LogP contribution in [-0.4, -0.2) is 19.1 Å². The third-order valence-electron chi connectivity index (χ3n) is 4.01. The second-order valence-corrected chi connectivity index (χ2v) is 5.74. The monoisotopic (exact) mass is 339 g/mol. The molecule has 0 aromatic heterocycles. The van der Waals surface area contributed by atoms with Gasteiger partial charge in [0, 0.05) is 0 Å². The number of carbonyl (C=O) groups is 1. The zero-order valence-corrected chi connectivity index (χ0v) is 14.0. The van der Waals surface area contributed by atoms with Crippen LogP contribution < -0.4 is 15.2 Å². The Labute approximate surface area is 145 Å². The first-order valence-corrected chi connectivity index (χ1v) is 7.81. The van der Waals surface area contributed by atoms with E-state index >= 15 is 0 Å². The van der Waals surface area contributed by atoms with Crippen LogP contribution in [-0.2, 0) is 4.79 Å². The second kappa shape index (κ2) is 6.81. The maximum atomic E-state index is 13.6. The van der Waals surface area contributed by atoms with Gasteiger partial charge in [0.25, 0.3) is 5.91 Å². The number of amides is 1. The first-order valence-electron chi connectivity index (χ1n) is 7.81. The van der Waals surface area contributed by atoms with Crippen LogP contribution in [0.5, 0.6) is 11.5 Å². The Morgan fingerprint density at radius 2 is 1.68 bits per heavy atom. The highest BCUT2D eigenvalue weighted by Gasteiger charge is 2.11. The topological polar surface area (TPSA) is 61.6 Å². The molecule has 0 radical (unpaired) electrons. The van der Waals surface area contributed by atoms with E-state index in [0.717, 1.165) is 21.9 Å². The van der Waals surface area contributed by atoms with Crippen molar-refractivity contribution in [1.82, 2.24) is 0 Å². The fourth-order valence-electron chi connectivity index (χ4n) is 2.58. The van der Waals surface area contributed by atoms with E-state index in [2.05, 4.69) is 0 Å². The van der Waals surface area contributed by atoms with E-state index in [9.17, 15) is 9.18 Å². The van der Waals surface area contributed by atoms with Gasteiger partial charge in [0.15, 0.2) is 17.7 Å². The molecule has 0 fully saturated rings. The number of primary amides is 1. The molecule has 0 saturated heterocycles. The van der Waals surface area contributed by atoms with Crippen molar-refractivity contribution in [1.29, 1.82) is 0 Å². The predicted molar refractivity (Wildman–Crippen MR) is 95.2 cm³/mol. The summed E-state index contributed by atoms with van der Waals surface area (Å²) in [6.07, 6.45) is -0.706. The molecular weight excluding hydrogens is 321 g/mol. The van der Waals surface area contributed by atoms with Gasteiger partial charge in [-0.05, 0) is 59.2 Å². The highest BCUT2D eigenvalue weighted by Crippen LogP contribution is 2.30. The highest BCUT2D eigenvalue weighted by atomic mass is 19.1. The lowest BCUT2D eigenvalue weighted by Crippen LogP contribution is -2.30. The number of hydrogen-bond donors (Lipinski definition) is 1. The molecule has 5 heteroatoms. The van der Waals surface area contributed by atoms with Gasteiger partial charge in [0.2, 0.25) is 0 Å². The van der Waals surface area contributed by atoms with Crippen LogP contribution >= 0.6 is 0 Å². The number of nitrogens with two attached hydrogens (primary N) is 1. The Bertz CT molecular complexity index is 939. The average Bonchev–Trinajstić information content (AvgIpc) is 2.61. The van der Waals surface area contributed by atoms with Gasteiger partial charge in [0.05, 0.1) is 7.11 Å². The van der Waals surface area contributed by atoms with Crippen LogP contribution in [0.15, 0.2) is 54.6 Å². The standard InChI is InChI=1S/C20H18FNO3/c1-12(20(22)23)25-17-7-5-13-3-4-14(9-16(13)10-17)15-6-8-18(21)19(11-15)24-2/h3-12H,1-2H3,(H2,22,23). The fourth-order valence-corrected chi connectivity index (χ4v) is 2.58. The van der Waals surface area contributed by atoms with E-state index in [1.54, 1.807) is 25.1 Å². The zero-order chi connectivity index (χ0) is 18.0. The van der Waals surface area contributed by atoms with Crippen LogP contribution in [0.3, 0.4) is 0 Å². The van der Waals surface area contributed by atoms with Crippen molar-refractivity contribution in [3.63, 3.8) is 0 Å². The first-order chi connectivity index (χ1) is 12.0. The maximum Gasteiger partial charge on any atom is 0.258 e. The molecule has 128 valence electrons. The summed E-state index contributed by atoms with van der Waals surface area (Å²) >= 11 is 0. The van der Waals surface area contributed by atoms with Crippen molar-refractivity contribution in [2.24, 2.45) is 5.73 Å². The van der Waals surface area contributed by atoms with Gasteiger partial charge in [-0.1, -0.05) is 24.3 Å². The van der Waals surface area contributed by atoms with Crippen LogP contribution in [0.25, 0.3) is 21.9 Å². The SMILES string of the molecule is COc1cc(-c2ccc3ccc(OC(C)C(N)=O)cc3c2)ccc1F. The van der Waals surface area contributed by atoms with Gasteiger partial charge < -0.3 is 15.2 Å². The van der Waals surface area contributed by atoms with E-state index in [0.29, 0.717) is 5.75 Å². The molecule has 0 aliphatic heterocycles. The van der Waals surface area contributed by atoms with Crippen molar-refractivity contribution >= 4 is 16.7 Å². The minimum absolute atomic E-state index is 0.199. The quantitative estimate of drug-likeness (QED) is 0.767. The minimum atomic E-state index is -0.706. The van der Waals surface area contributed by atoms with Gasteiger partial charge in [-0.2, -0.15) is 0 Å². The molecule has 0 aliphatic carbocycles. The molecule has 1 unspecified atom stereocenters. The number of carbonyl (C=O) groups excluding carboxylic acids is 1. The molecule has 0 aliphatic rings. The van der Waals surface area contributed by atoms with Crippen LogP contribution in [0, 0.1) is 5.82 Å². The average molecular weight is 339 g/mol. The molecule has 3 rings (SSSR count). The number of rotatable bonds is 5. The molecule has 0 bridgehead atoms. The zero-order valence-electron chi connectivity index (χ0n) is 14.0. The Kier molecular flexibility index (Phi) is 4.57. The molecule has 0 saturated carbocycles. The lowest BCUT2D eigenvalue weighted by molar-refractivity contribution is -0.123. The van der Waals surface area contributed by atoms with E-state index in [1.165, 1.54) is 13.2 Å². The molecule has 1 amide bonds. The van der Waals surface area contributed by atoms with E-state index in [4.69, 9.17) is 15.2 Å². The molecule has 4 nitrogen and oxygen atoms in total. The summed E-state index contributed by atoms with van der Waals surface area (Å²) in [6, 6.07) is 16.2. The van der Waals surface area contributed by atoms with Gasteiger partial charge in [0.1, 0.15) is 5.75 Å². The number of benzene rings is 3. The fraction of sp³-hybridized carbons (Fsp3) is 0.150. The Morgan fingerprint density at radius 1 is 1.00 bits per heavy atom. The van der Waals surface area contributed by atoms with Gasteiger partial charge >= 0.3 is 0 Å². The van der Waals surface area contributed by atoms with Crippen molar-refractivity contribution < 1.29 is 18.7 Å². The number of methoxy groups -OCH3 is 1. The van der Waals surface area contributed by atoms with Crippen molar-refractivity contribution in [2.75, 3.05) is 7.11 Å². The van der Waals surface area contributed by atoms with Gasteiger partial charge in [-0.15, -0.1) is 0 Å². The summed E-state index contributed by atoms with van der Waals surface area (Å²) in [5.74, 6) is -0.159. The van der Waals surface area contributed by atoms with E-state index in [-0.39, 0.29) is 5.75 Å². The Morgan fingerprint density at radius 3 is 2.40 bits per heavy atom. The molecule has 2 N–H and O–H groups in total. The molecule has 25 heavy (non-hydrogen) atoms. The Balaban J connectivity index is 1.99. The predicted octanol–water partition coefficient (Wildman–Crippen LogP) is 3.91. The van der Waals surface area contributed by atoms with Crippen molar-refractivity contribution in [2.45, 2.75) is 13.0 Å². The number of fused-ring (bicyclic) bond motifs is 1. The molecule has 1 atom stereocenters. The summed E-state index contributed by atoms with van der Waals surface area (Å²) in [7, 11) is 1.44.